The summed E-state index contributed by atoms with van der Waals surface area (Å²) >= 11 is 3.55. The molecule has 132 valence electrons. The van der Waals surface area contributed by atoms with E-state index in [4.69, 9.17) is 5.21 Å². The molecule has 0 heterocycles. The molecule has 0 spiro atoms. The Balaban J connectivity index is 1.75. The van der Waals surface area contributed by atoms with E-state index >= 15 is 0 Å². The molecule has 0 unspecified atom stereocenters. The van der Waals surface area contributed by atoms with Crippen molar-refractivity contribution in [3.8, 4) is 5.75 Å². The average Bonchev–Trinajstić information content (AvgIpc) is 2.63. The first-order chi connectivity index (χ1) is 12.1. The topological polar surface area (TPSA) is 81.9 Å². The third-order valence-corrected chi connectivity index (χ3v) is 7.95. The minimum atomic E-state index is -0.382. The Bertz CT molecular complexity index is 744. The molecule has 0 saturated carbocycles. The van der Waals surface area contributed by atoms with Gasteiger partial charge < -0.3 is 0 Å². The number of nitrogens with one attached hydrogen (secondary N) is 1. The van der Waals surface area contributed by atoms with Gasteiger partial charge in [-0.25, -0.2) is 0 Å². The van der Waals surface area contributed by atoms with Gasteiger partial charge in [0.25, 0.3) is 0 Å². The van der Waals surface area contributed by atoms with Crippen molar-refractivity contribution < 1.29 is 15.1 Å². The summed E-state index contributed by atoms with van der Waals surface area (Å²) in [4.78, 5) is 13.3. The number of nitrogens with zero attached hydrogens (tertiary/aromatic N) is 1. The van der Waals surface area contributed by atoms with Crippen molar-refractivity contribution in [1.82, 2.24) is 5.32 Å². The summed E-state index contributed by atoms with van der Waals surface area (Å²) in [5.41, 5.74) is 0.803. The number of benzene rings is 2. The number of rotatable bonds is 8. The zero-order valence-electron chi connectivity index (χ0n) is 13.2. The third-order valence-electron chi connectivity index (χ3n) is 3.14. The Morgan fingerprint density at radius 1 is 1.24 bits per heavy atom. The first-order valence-corrected chi connectivity index (χ1v) is 12.3. The first-order valence-electron chi connectivity index (χ1n) is 7.41. The van der Waals surface area contributed by atoms with Gasteiger partial charge in [-0.15, -0.1) is 0 Å². The van der Waals surface area contributed by atoms with Crippen LogP contribution in [0.2, 0.25) is 5.32 Å². The van der Waals surface area contributed by atoms with Crippen molar-refractivity contribution in [1.29, 1.82) is 0 Å². The normalized spacial score (nSPS) is 11.3. The van der Waals surface area contributed by atoms with Gasteiger partial charge in [0.2, 0.25) is 0 Å². The first kappa shape index (κ1) is 19.8. The SMILES string of the molecule is O=C(NCC[Se]Sc1ccccc1)/C(Cc1ccc(O)c(Br)c1)=N/O. The van der Waals surface area contributed by atoms with E-state index in [1.165, 1.54) is 11.0 Å². The molecule has 0 bridgehead atoms. The fourth-order valence-electron chi connectivity index (χ4n) is 1.91. The standard InChI is InChI=1S/C17H17BrN2O3SSe/c18-14-10-12(6-7-16(14)21)11-15(20-23)17(22)19-8-9-25-24-13-4-2-1-3-5-13/h1-7,10,21,23H,8-9,11H2,(H,19,22)/b20-15+. The molecule has 0 saturated heterocycles. The van der Waals surface area contributed by atoms with Crippen LogP contribution in [0.3, 0.4) is 0 Å². The van der Waals surface area contributed by atoms with Crippen LogP contribution in [0.25, 0.3) is 0 Å². The van der Waals surface area contributed by atoms with Gasteiger partial charge >= 0.3 is 165 Å². The Kier molecular flexibility index (Phi) is 8.34. The second kappa shape index (κ2) is 10.5. The Morgan fingerprint density at radius 3 is 2.68 bits per heavy atom. The minimum absolute atomic E-state index is 0.0424. The van der Waals surface area contributed by atoms with Gasteiger partial charge in [-0.3, -0.25) is 0 Å². The zero-order chi connectivity index (χ0) is 18.1. The number of carbonyl (C=O) groups is 1. The van der Waals surface area contributed by atoms with E-state index in [1.807, 2.05) is 18.2 Å². The van der Waals surface area contributed by atoms with E-state index < -0.39 is 0 Å². The number of carbonyl (C=O) groups excluding carboxylic acids is 1. The van der Waals surface area contributed by atoms with Crippen molar-refractivity contribution in [3.05, 3.63) is 58.6 Å². The van der Waals surface area contributed by atoms with Gasteiger partial charge in [0.1, 0.15) is 0 Å². The molecule has 5 nitrogen and oxygen atoms in total. The Labute approximate surface area is 164 Å². The maximum absolute atomic E-state index is 12.1. The van der Waals surface area contributed by atoms with Crippen LogP contribution in [0.4, 0.5) is 0 Å². The molecule has 25 heavy (non-hydrogen) atoms. The Hall–Kier alpha value is -1.47. The van der Waals surface area contributed by atoms with Gasteiger partial charge in [0, 0.05) is 0 Å². The summed E-state index contributed by atoms with van der Waals surface area (Å²) in [6.07, 6.45) is 0.186. The van der Waals surface area contributed by atoms with Crippen LogP contribution in [-0.2, 0) is 11.2 Å². The molecule has 0 aliphatic heterocycles. The summed E-state index contributed by atoms with van der Waals surface area (Å²) in [7, 11) is 1.79. The molecule has 1 amide bonds. The molecule has 2 aromatic rings. The molecule has 3 N–H and O–H groups in total. The van der Waals surface area contributed by atoms with E-state index in [0.29, 0.717) is 24.9 Å². The van der Waals surface area contributed by atoms with E-state index in [-0.39, 0.29) is 23.8 Å². The third kappa shape index (κ3) is 6.74. The predicted octanol–water partition coefficient (Wildman–Crippen LogP) is 3.47. The summed E-state index contributed by atoms with van der Waals surface area (Å²) in [5, 5.41) is 25.3. The molecule has 0 fully saturated rings. The number of oxime groups is 1. The molecule has 0 radical (unpaired) electrons. The molecule has 8 heteroatoms. The van der Waals surface area contributed by atoms with Crippen LogP contribution < -0.4 is 5.32 Å². The van der Waals surface area contributed by atoms with Crippen molar-refractivity contribution in [3.63, 3.8) is 0 Å². The van der Waals surface area contributed by atoms with E-state index in [0.717, 1.165) is 10.9 Å². The predicted molar refractivity (Wildman–Crippen MR) is 105 cm³/mol. The van der Waals surface area contributed by atoms with Gasteiger partial charge in [0.15, 0.2) is 0 Å². The molecule has 0 aliphatic rings. The van der Waals surface area contributed by atoms with Crippen molar-refractivity contribution in [2.24, 2.45) is 5.16 Å². The van der Waals surface area contributed by atoms with Crippen molar-refractivity contribution in [2.75, 3.05) is 6.54 Å². The van der Waals surface area contributed by atoms with Crippen LogP contribution in [0.5, 0.6) is 5.75 Å². The van der Waals surface area contributed by atoms with Crippen molar-refractivity contribution >= 4 is 51.6 Å². The zero-order valence-corrected chi connectivity index (χ0v) is 17.3. The molecular weight excluding hydrogens is 471 g/mol. The maximum atomic E-state index is 12.1. The number of halogens is 1. The molecule has 0 aliphatic carbocycles. The van der Waals surface area contributed by atoms with Crippen LogP contribution >= 0.6 is 26.1 Å². The molecule has 2 rings (SSSR count). The van der Waals surface area contributed by atoms with Gasteiger partial charge in [-0.05, 0) is 0 Å². The van der Waals surface area contributed by atoms with E-state index in [2.05, 4.69) is 38.5 Å². The van der Waals surface area contributed by atoms with Gasteiger partial charge in [-0.2, -0.15) is 0 Å². The summed E-state index contributed by atoms with van der Waals surface area (Å²) in [6.45, 7) is 0.539. The Morgan fingerprint density at radius 2 is 2.00 bits per heavy atom. The molecule has 0 aromatic heterocycles. The van der Waals surface area contributed by atoms with Crippen LogP contribution in [-0.4, -0.2) is 42.3 Å². The van der Waals surface area contributed by atoms with Gasteiger partial charge in [-0.1, -0.05) is 0 Å². The van der Waals surface area contributed by atoms with Crippen LogP contribution in [0.1, 0.15) is 5.56 Å². The molecular formula is C17H17BrN2O3SSe. The second-order valence-electron chi connectivity index (χ2n) is 4.98. The number of phenols is 1. The van der Waals surface area contributed by atoms with Crippen LogP contribution in [0, 0.1) is 0 Å². The number of hydrogen-bond acceptors (Lipinski definition) is 5. The fraction of sp³-hybridized carbons (Fsp3) is 0.176. The number of amides is 1. The second-order valence-corrected chi connectivity index (χ2v) is 10.1. The number of phenolic OH excluding ortho intramolecular Hbond substituents is 1. The molecule has 0 atom stereocenters. The summed E-state index contributed by atoms with van der Waals surface area (Å²) in [5.74, 6) is -0.263. The molecule has 2 aromatic carbocycles. The fourth-order valence-corrected chi connectivity index (χ4v) is 5.73. The monoisotopic (exact) mass is 488 g/mol. The van der Waals surface area contributed by atoms with Crippen LogP contribution in [0.15, 0.2) is 63.1 Å². The van der Waals surface area contributed by atoms with E-state index in [1.54, 1.807) is 22.3 Å². The number of aromatic hydroxyl groups is 1. The summed E-state index contributed by atoms with van der Waals surface area (Å²) in [6, 6.07) is 15.0. The van der Waals surface area contributed by atoms with Crippen molar-refractivity contribution in [2.45, 2.75) is 16.6 Å². The van der Waals surface area contributed by atoms with Gasteiger partial charge in [0.05, 0.1) is 0 Å². The average molecular weight is 488 g/mol. The number of hydrogen-bond donors (Lipinski definition) is 3. The quantitative estimate of drug-likeness (QED) is 0.175. The summed E-state index contributed by atoms with van der Waals surface area (Å²) < 4.78 is 0.531. The van der Waals surface area contributed by atoms with E-state index in [9.17, 15) is 9.90 Å².